The lowest BCUT2D eigenvalue weighted by molar-refractivity contribution is -0.125. The molecule has 0 bridgehead atoms. The van der Waals surface area contributed by atoms with Crippen molar-refractivity contribution in [3.8, 4) is 0 Å². The zero-order chi connectivity index (χ0) is 10.2. The van der Waals surface area contributed by atoms with E-state index in [1.807, 2.05) is 6.92 Å². The van der Waals surface area contributed by atoms with Crippen molar-refractivity contribution in [2.24, 2.45) is 0 Å². The monoisotopic (exact) mass is 200 g/mol. The van der Waals surface area contributed by atoms with E-state index in [1.165, 1.54) is 12.8 Å². The first-order chi connectivity index (χ1) is 6.83. The molecule has 0 aromatic rings. The van der Waals surface area contributed by atoms with Crippen molar-refractivity contribution in [1.29, 1.82) is 0 Å². The minimum absolute atomic E-state index is 0.00940. The van der Waals surface area contributed by atoms with Gasteiger partial charge < -0.3 is 15.4 Å². The summed E-state index contributed by atoms with van der Waals surface area (Å²) in [6.45, 7) is 4.54. The molecule has 1 aliphatic heterocycles. The zero-order valence-corrected chi connectivity index (χ0v) is 8.84. The van der Waals surface area contributed by atoms with Crippen molar-refractivity contribution in [3.63, 3.8) is 0 Å². The average Bonchev–Trinajstić information content (AvgIpc) is 2.67. The molecule has 1 atom stereocenters. The van der Waals surface area contributed by atoms with Gasteiger partial charge in [-0.2, -0.15) is 0 Å². The van der Waals surface area contributed by atoms with Gasteiger partial charge in [0.1, 0.15) is 6.61 Å². The Morgan fingerprint density at radius 1 is 1.64 bits per heavy atom. The second-order valence-corrected chi connectivity index (χ2v) is 3.57. The average molecular weight is 200 g/mol. The highest BCUT2D eigenvalue weighted by Crippen LogP contribution is 2.07. The summed E-state index contributed by atoms with van der Waals surface area (Å²) in [5, 5.41) is 6.23. The Hall–Kier alpha value is -0.610. The lowest BCUT2D eigenvalue weighted by atomic mass is 10.1. The van der Waals surface area contributed by atoms with Gasteiger partial charge in [0.25, 0.3) is 0 Å². The van der Waals surface area contributed by atoms with Crippen LogP contribution in [0.15, 0.2) is 0 Å². The highest BCUT2D eigenvalue weighted by atomic mass is 16.5. The van der Waals surface area contributed by atoms with Crippen molar-refractivity contribution < 1.29 is 9.53 Å². The number of rotatable bonds is 6. The smallest absolute Gasteiger partial charge is 0.245 e. The first kappa shape index (κ1) is 11.5. The molecule has 0 radical (unpaired) electrons. The number of hydrogen-bond donors (Lipinski definition) is 2. The van der Waals surface area contributed by atoms with Gasteiger partial charge >= 0.3 is 0 Å². The zero-order valence-electron chi connectivity index (χ0n) is 8.84. The molecule has 14 heavy (non-hydrogen) atoms. The molecule has 0 aliphatic carbocycles. The normalized spacial score (nSPS) is 21.1. The maximum atomic E-state index is 11.1. The van der Waals surface area contributed by atoms with Gasteiger partial charge in [0.15, 0.2) is 0 Å². The Morgan fingerprint density at radius 2 is 2.50 bits per heavy atom. The molecule has 4 nitrogen and oxygen atoms in total. The maximum absolute atomic E-state index is 11.1. The minimum Gasteiger partial charge on any atom is -0.372 e. The third kappa shape index (κ3) is 4.58. The predicted octanol–water partition coefficient (Wildman–Crippen LogP) is 0.281. The van der Waals surface area contributed by atoms with Crippen molar-refractivity contribution in [2.45, 2.75) is 32.2 Å². The van der Waals surface area contributed by atoms with Gasteiger partial charge in [-0.3, -0.25) is 4.79 Å². The van der Waals surface area contributed by atoms with E-state index in [9.17, 15) is 4.79 Å². The van der Waals surface area contributed by atoms with E-state index >= 15 is 0 Å². The molecular formula is C10H20N2O2. The molecule has 82 valence electrons. The van der Waals surface area contributed by atoms with E-state index in [2.05, 4.69) is 10.6 Å². The van der Waals surface area contributed by atoms with Crippen molar-refractivity contribution in [1.82, 2.24) is 10.6 Å². The molecule has 0 aromatic carbocycles. The van der Waals surface area contributed by atoms with Gasteiger partial charge in [0.2, 0.25) is 5.91 Å². The Bertz CT molecular complexity index is 168. The molecule has 1 heterocycles. The van der Waals surface area contributed by atoms with Gasteiger partial charge in [-0.1, -0.05) is 0 Å². The van der Waals surface area contributed by atoms with Crippen molar-refractivity contribution >= 4 is 5.91 Å². The van der Waals surface area contributed by atoms with Gasteiger partial charge in [0.05, 0.1) is 0 Å². The number of carbonyl (C=O) groups excluding carboxylic acids is 1. The number of ether oxygens (including phenoxy) is 1. The Labute approximate surface area is 85.4 Å². The summed E-state index contributed by atoms with van der Waals surface area (Å²) in [6, 6.07) is 0.599. The SMILES string of the molecule is CCOCC(=O)NCCC1CCCN1. The second kappa shape index (κ2) is 6.79. The van der Waals surface area contributed by atoms with E-state index in [0.717, 1.165) is 19.5 Å². The summed E-state index contributed by atoms with van der Waals surface area (Å²) in [4.78, 5) is 11.1. The molecule has 1 aliphatic rings. The summed E-state index contributed by atoms with van der Waals surface area (Å²) in [5.74, 6) is -0.00940. The first-order valence-electron chi connectivity index (χ1n) is 5.40. The van der Waals surface area contributed by atoms with Gasteiger partial charge in [-0.25, -0.2) is 0 Å². The topological polar surface area (TPSA) is 50.4 Å². The van der Waals surface area contributed by atoms with E-state index in [-0.39, 0.29) is 12.5 Å². The lowest BCUT2D eigenvalue weighted by Crippen LogP contribution is -2.32. The minimum atomic E-state index is -0.00940. The summed E-state index contributed by atoms with van der Waals surface area (Å²) in [7, 11) is 0. The van der Waals surface area contributed by atoms with Crippen LogP contribution in [0.25, 0.3) is 0 Å². The van der Waals surface area contributed by atoms with Crippen LogP contribution in [0.2, 0.25) is 0 Å². The molecule has 1 fully saturated rings. The molecule has 0 saturated carbocycles. The van der Waals surface area contributed by atoms with Crippen LogP contribution in [0.5, 0.6) is 0 Å². The summed E-state index contributed by atoms with van der Waals surface area (Å²) in [5.41, 5.74) is 0. The Balaban J connectivity index is 1.94. The van der Waals surface area contributed by atoms with Crippen molar-refractivity contribution in [2.75, 3.05) is 26.3 Å². The largest absolute Gasteiger partial charge is 0.372 e. The third-order valence-electron chi connectivity index (χ3n) is 2.41. The van der Waals surface area contributed by atoms with E-state index < -0.39 is 0 Å². The molecule has 0 aromatic heterocycles. The number of hydrogen-bond acceptors (Lipinski definition) is 3. The summed E-state index contributed by atoms with van der Waals surface area (Å²) >= 11 is 0. The quantitative estimate of drug-likeness (QED) is 0.647. The van der Waals surface area contributed by atoms with Gasteiger partial charge in [0, 0.05) is 19.2 Å². The van der Waals surface area contributed by atoms with Crippen LogP contribution < -0.4 is 10.6 Å². The number of nitrogens with one attached hydrogen (secondary N) is 2. The fraction of sp³-hybridized carbons (Fsp3) is 0.900. The first-order valence-corrected chi connectivity index (χ1v) is 5.40. The van der Waals surface area contributed by atoms with Crippen LogP contribution in [-0.2, 0) is 9.53 Å². The summed E-state index contributed by atoms with van der Waals surface area (Å²) in [6.07, 6.45) is 3.52. The van der Waals surface area contributed by atoms with E-state index in [4.69, 9.17) is 4.74 Å². The fourth-order valence-electron chi connectivity index (χ4n) is 1.63. The van der Waals surface area contributed by atoms with E-state index in [1.54, 1.807) is 0 Å². The van der Waals surface area contributed by atoms with Crippen LogP contribution in [0.4, 0.5) is 0 Å². The standard InChI is InChI=1S/C10H20N2O2/c1-2-14-8-10(13)12-7-5-9-4-3-6-11-9/h9,11H,2-8H2,1H3,(H,12,13). The van der Waals surface area contributed by atoms with Crippen LogP contribution in [0, 0.1) is 0 Å². The van der Waals surface area contributed by atoms with Gasteiger partial charge in [-0.05, 0) is 32.7 Å². The molecule has 1 saturated heterocycles. The Morgan fingerprint density at radius 3 is 3.14 bits per heavy atom. The second-order valence-electron chi connectivity index (χ2n) is 3.57. The number of amides is 1. The highest BCUT2D eigenvalue weighted by molar-refractivity contribution is 5.77. The maximum Gasteiger partial charge on any atom is 0.245 e. The van der Waals surface area contributed by atoms with Crippen molar-refractivity contribution in [3.05, 3.63) is 0 Å². The highest BCUT2D eigenvalue weighted by Gasteiger charge is 2.13. The summed E-state index contributed by atoms with van der Waals surface area (Å²) < 4.78 is 4.99. The molecule has 1 unspecified atom stereocenters. The fourth-order valence-corrected chi connectivity index (χ4v) is 1.63. The molecule has 2 N–H and O–H groups in total. The van der Waals surface area contributed by atoms with E-state index in [0.29, 0.717) is 12.6 Å². The number of carbonyl (C=O) groups is 1. The molecule has 4 heteroatoms. The molecular weight excluding hydrogens is 180 g/mol. The third-order valence-corrected chi connectivity index (χ3v) is 2.41. The van der Waals surface area contributed by atoms with Crippen LogP contribution in [0.1, 0.15) is 26.2 Å². The molecule has 1 rings (SSSR count). The Kier molecular flexibility index (Phi) is 5.56. The molecule has 1 amide bonds. The van der Waals surface area contributed by atoms with Crippen LogP contribution in [-0.4, -0.2) is 38.3 Å². The lowest BCUT2D eigenvalue weighted by Gasteiger charge is -2.10. The van der Waals surface area contributed by atoms with Crippen LogP contribution >= 0.6 is 0 Å². The van der Waals surface area contributed by atoms with Gasteiger partial charge in [-0.15, -0.1) is 0 Å². The predicted molar refractivity (Wildman–Crippen MR) is 55.1 cm³/mol. The van der Waals surface area contributed by atoms with Crippen LogP contribution in [0.3, 0.4) is 0 Å². The molecule has 0 spiro atoms.